The molecule has 1 atom stereocenters. The third-order valence-electron chi connectivity index (χ3n) is 3.66. The molecule has 0 radical (unpaired) electrons. The van der Waals surface area contributed by atoms with E-state index in [0.29, 0.717) is 12.5 Å². The number of carbonyl (C=O) groups is 2. The summed E-state index contributed by atoms with van der Waals surface area (Å²) in [5, 5.41) is 13.5. The maximum absolute atomic E-state index is 11.7. The van der Waals surface area contributed by atoms with Crippen molar-refractivity contribution < 1.29 is 27.9 Å². The number of benzene rings is 1. The van der Waals surface area contributed by atoms with E-state index >= 15 is 0 Å². The van der Waals surface area contributed by atoms with Gasteiger partial charge < -0.3 is 15.7 Å². The maximum atomic E-state index is 11.7. The smallest absolute Gasteiger partial charge is 0.475 e. The number of aliphatic carboxylic acids is 1. The first-order valence-corrected chi connectivity index (χ1v) is 8.13. The van der Waals surface area contributed by atoms with Crippen LogP contribution in [0.5, 0.6) is 0 Å². The molecule has 0 saturated carbocycles. The van der Waals surface area contributed by atoms with E-state index in [0.717, 1.165) is 25.9 Å². The average molecular weight is 360 g/mol. The molecule has 0 unspecified atom stereocenters. The molecule has 1 heterocycles. The number of amides is 1. The lowest BCUT2D eigenvalue weighted by atomic mass is 10.1. The number of halogens is 3. The van der Waals surface area contributed by atoms with Gasteiger partial charge in [-0.3, -0.25) is 4.79 Å². The summed E-state index contributed by atoms with van der Waals surface area (Å²) < 4.78 is 31.7. The van der Waals surface area contributed by atoms with Crippen LogP contribution in [0.3, 0.4) is 0 Å². The number of hydrogen-bond acceptors (Lipinski definition) is 3. The van der Waals surface area contributed by atoms with Crippen LogP contribution in [-0.4, -0.2) is 42.3 Å². The van der Waals surface area contributed by atoms with Crippen molar-refractivity contribution in [1.82, 2.24) is 10.6 Å². The Bertz CT molecular complexity index is 530. The van der Waals surface area contributed by atoms with Crippen molar-refractivity contribution >= 4 is 11.9 Å². The Hall–Kier alpha value is -2.09. The topological polar surface area (TPSA) is 78.4 Å². The summed E-state index contributed by atoms with van der Waals surface area (Å²) in [5.74, 6) is -2.58. The molecule has 8 heteroatoms. The van der Waals surface area contributed by atoms with Gasteiger partial charge in [0.1, 0.15) is 0 Å². The van der Waals surface area contributed by atoms with Gasteiger partial charge >= 0.3 is 12.1 Å². The van der Waals surface area contributed by atoms with Crippen LogP contribution in [-0.2, 0) is 16.0 Å². The van der Waals surface area contributed by atoms with Crippen molar-refractivity contribution in [2.45, 2.75) is 44.3 Å². The molecule has 1 saturated heterocycles. The summed E-state index contributed by atoms with van der Waals surface area (Å²) in [5.41, 5.74) is 1.31. The van der Waals surface area contributed by atoms with E-state index in [1.165, 1.54) is 18.4 Å². The molecule has 2 rings (SSSR count). The highest BCUT2D eigenvalue weighted by Crippen LogP contribution is 2.13. The highest BCUT2D eigenvalue weighted by atomic mass is 19.4. The molecule has 0 aliphatic carbocycles. The zero-order valence-electron chi connectivity index (χ0n) is 13.8. The molecule has 5 nitrogen and oxygen atoms in total. The number of rotatable bonds is 6. The van der Waals surface area contributed by atoms with Gasteiger partial charge in [0, 0.05) is 19.0 Å². The molecular formula is C17H23F3N2O3. The van der Waals surface area contributed by atoms with Gasteiger partial charge in [-0.15, -0.1) is 0 Å². The Morgan fingerprint density at radius 2 is 1.88 bits per heavy atom. The van der Waals surface area contributed by atoms with E-state index in [9.17, 15) is 18.0 Å². The first kappa shape index (κ1) is 21.0. The fourth-order valence-corrected chi connectivity index (χ4v) is 2.35. The monoisotopic (exact) mass is 360 g/mol. The maximum Gasteiger partial charge on any atom is 0.490 e. The number of aryl methyl sites for hydroxylation is 1. The molecule has 1 amide bonds. The van der Waals surface area contributed by atoms with E-state index in [4.69, 9.17) is 9.90 Å². The van der Waals surface area contributed by atoms with Gasteiger partial charge in [-0.1, -0.05) is 30.3 Å². The predicted octanol–water partition coefficient (Wildman–Crippen LogP) is 2.51. The average Bonchev–Trinajstić information content (AvgIpc) is 3.07. The minimum absolute atomic E-state index is 0.180. The van der Waals surface area contributed by atoms with Gasteiger partial charge in [0.25, 0.3) is 0 Å². The summed E-state index contributed by atoms with van der Waals surface area (Å²) in [6, 6.07) is 10.8. The summed E-state index contributed by atoms with van der Waals surface area (Å²) in [6.45, 7) is 1.87. The second kappa shape index (κ2) is 10.7. The molecule has 25 heavy (non-hydrogen) atoms. The van der Waals surface area contributed by atoms with Crippen LogP contribution in [0.2, 0.25) is 0 Å². The molecule has 1 fully saturated rings. The number of nitrogens with one attached hydrogen (secondary N) is 2. The number of carboxylic acid groups (broad SMARTS) is 1. The fraction of sp³-hybridized carbons (Fsp3) is 0.529. The van der Waals surface area contributed by atoms with E-state index in [2.05, 4.69) is 22.8 Å². The quantitative estimate of drug-likeness (QED) is 0.728. The number of carboxylic acids is 1. The van der Waals surface area contributed by atoms with Crippen molar-refractivity contribution in [3.05, 3.63) is 35.9 Å². The van der Waals surface area contributed by atoms with Crippen LogP contribution in [0.4, 0.5) is 13.2 Å². The van der Waals surface area contributed by atoms with Crippen LogP contribution >= 0.6 is 0 Å². The Morgan fingerprint density at radius 3 is 2.40 bits per heavy atom. The summed E-state index contributed by atoms with van der Waals surface area (Å²) in [6.07, 6.45) is -0.135. The second-order valence-corrected chi connectivity index (χ2v) is 5.74. The molecule has 0 aromatic heterocycles. The van der Waals surface area contributed by atoms with Crippen molar-refractivity contribution in [3.8, 4) is 0 Å². The van der Waals surface area contributed by atoms with Crippen LogP contribution < -0.4 is 10.6 Å². The Morgan fingerprint density at radius 1 is 1.24 bits per heavy atom. The van der Waals surface area contributed by atoms with Crippen molar-refractivity contribution in [1.29, 1.82) is 0 Å². The lowest BCUT2D eigenvalue weighted by Crippen LogP contribution is -2.37. The Kier molecular flexibility index (Phi) is 8.98. The fourth-order valence-electron chi connectivity index (χ4n) is 2.35. The van der Waals surface area contributed by atoms with Crippen LogP contribution in [0, 0.1) is 0 Å². The van der Waals surface area contributed by atoms with Gasteiger partial charge in [-0.05, 0) is 37.8 Å². The molecule has 1 aromatic carbocycles. The lowest BCUT2D eigenvalue weighted by Gasteiger charge is -2.11. The minimum atomic E-state index is -5.08. The molecule has 140 valence electrons. The predicted molar refractivity (Wildman–Crippen MR) is 87.1 cm³/mol. The second-order valence-electron chi connectivity index (χ2n) is 5.74. The standard InChI is InChI=1S/C15H22N2O.C2HF3O2/c18-15(17-12-14-9-5-11-16-14)10-4-8-13-6-2-1-3-7-13;3-2(4,5)1(6)7/h1-3,6-7,14,16H,4-5,8-12H2,(H,17,18);(H,6,7)/t14-;/m0./s1. The SMILES string of the molecule is O=C(CCCc1ccccc1)NC[C@@H]1CCCN1.O=C(O)C(F)(F)F. The molecular weight excluding hydrogens is 337 g/mol. The number of alkyl halides is 3. The van der Waals surface area contributed by atoms with E-state index in [1.807, 2.05) is 18.2 Å². The summed E-state index contributed by atoms with van der Waals surface area (Å²) in [7, 11) is 0. The molecule has 1 aliphatic rings. The van der Waals surface area contributed by atoms with Gasteiger partial charge in [0.15, 0.2) is 0 Å². The Balaban J connectivity index is 0.000000381. The molecule has 1 aliphatic heterocycles. The zero-order chi connectivity index (χ0) is 18.7. The molecule has 0 spiro atoms. The molecule has 0 bridgehead atoms. The first-order valence-electron chi connectivity index (χ1n) is 8.13. The lowest BCUT2D eigenvalue weighted by molar-refractivity contribution is -0.192. The summed E-state index contributed by atoms with van der Waals surface area (Å²) in [4.78, 5) is 20.5. The zero-order valence-corrected chi connectivity index (χ0v) is 13.8. The molecule has 1 aromatic rings. The van der Waals surface area contributed by atoms with E-state index < -0.39 is 12.1 Å². The summed E-state index contributed by atoms with van der Waals surface area (Å²) >= 11 is 0. The third-order valence-corrected chi connectivity index (χ3v) is 3.66. The normalized spacial score (nSPS) is 16.7. The highest BCUT2D eigenvalue weighted by Gasteiger charge is 2.38. The van der Waals surface area contributed by atoms with Gasteiger partial charge in [0.05, 0.1) is 0 Å². The van der Waals surface area contributed by atoms with E-state index in [1.54, 1.807) is 0 Å². The minimum Gasteiger partial charge on any atom is -0.475 e. The first-order chi connectivity index (χ1) is 11.8. The van der Waals surface area contributed by atoms with Crippen LogP contribution in [0.15, 0.2) is 30.3 Å². The van der Waals surface area contributed by atoms with Gasteiger partial charge in [-0.25, -0.2) is 4.79 Å². The Labute approximate surface area is 144 Å². The highest BCUT2D eigenvalue weighted by molar-refractivity contribution is 5.75. The largest absolute Gasteiger partial charge is 0.490 e. The van der Waals surface area contributed by atoms with Crippen molar-refractivity contribution in [2.24, 2.45) is 0 Å². The van der Waals surface area contributed by atoms with E-state index in [-0.39, 0.29) is 5.91 Å². The third kappa shape index (κ3) is 9.71. The van der Waals surface area contributed by atoms with Gasteiger partial charge in [0.2, 0.25) is 5.91 Å². The number of hydrogen-bond donors (Lipinski definition) is 3. The van der Waals surface area contributed by atoms with Crippen LogP contribution in [0.1, 0.15) is 31.2 Å². The van der Waals surface area contributed by atoms with Gasteiger partial charge in [-0.2, -0.15) is 13.2 Å². The van der Waals surface area contributed by atoms with Crippen molar-refractivity contribution in [2.75, 3.05) is 13.1 Å². The molecule has 3 N–H and O–H groups in total. The van der Waals surface area contributed by atoms with Crippen LogP contribution in [0.25, 0.3) is 0 Å². The van der Waals surface area contributed by atoms with Crippen molar-refractivity contribution in [3.63, 3.8) is 0 Å². The number of carbonyl (C=O) groups excluding carboxylic acids is 1.